The number of nitrogens with zero attached hydrogens (tertiary/aromatic N) is 4. The van der Waals surface area contributed by atoms with Crippen molar-refractivity contribution < 1.29 is 23.1 Å². The molecule has 2 aromatic rings. The van der Waals surface area contributed by atoms with Crippen LogP contribution in [0.1, 0.15) is 24.1 Å². The van der Waals surface area contributed by atoms with E-state index in [-0.39, 0.29) is 24.4 Å². The van der Waals surface area contributed by atoms with Crippen LogP contribution in [0.15, 0.2) is 12.4 Å². The summed E-state index contributed by atoms with van der Waals surface area (Å²) >= 11 is 0. The Bertz CT molecular complexity index is 848. The molecule has 0 spiro atoms. The second kappa shape index (κ2) is 7.02. The highest BCUT2D eigenvalue weighted by molar-refractivity contribution is 5.73. The molecule has 1 atom stereocenters. The number of nitrogens with two attached hydrogens (primary N) is 1. The molecular formula is C15H18F3N7O2. The van der Waals surface area contributed by atoms with Crippen LogP contribution in [-0.2, 0) is 17.5 Å². The molecule has 1 fully saturated rings. The summed E-state index contributed by atoms with van der Waals surface area (Å²) in [4.78, 5) is 18.5. The zero-order chi connectivity index (χ0) is 19.8. The van der Waals surface area contributed by atoms with Gasteiger partial charge in [0.1, 0.15) is 17.4 Å². The second-order valence-electron chi connectivity index (χ2n) is 6.29. The first kappa shape index (κ1) is 18.9. The van der Waals surface area contributed by atoms with Gasteiger partial charge in [0.2, 0.25) is 5.95 Å². The van der Waals surface area contributed by atoms with E-state index in [0.717, 1.165) is 19.0 Å². The molecule has 5 N–H and O–H groups in total. The van der Waals surface area contributed by atoms with Crippen molar-refractivity contribution in [2.24, 2.45) is 5.73 Å². The van der Waals surface area contributed by atoms with Crippen molar-refractivity contribution in [3.8, 4) is 0 Å². The lowest BCUT2D eigenvalue weighted by Gasteiger charge is -2.14. The molecule has 0 radical (unpaired) electrons. The van der Waals surface area contributed by atoms with Crippen molar-refractivity contribution in [3.63, 3.8) is 0 Å². The largest absolute Gasteiger partial charge is 0.480 e. The number of alkyl halides is 3. The lowest BCUT2D eigenvalue weighted by molar-refractivity contribution is -0.139. The number of carboxylic acids is 1. The molecule has 0 bridgehead atoms. The molecule has 1 aliphatic carbocycles. The summed E-state index contributed by atoms with van der Waals surface area (Å²) in [5.41, 5.74) is 5.47. The standard InChI is InChI=1S/C15H18F3N7O2/c1-7-11(6-25(24-7)5-10(19)13(26)27)22-14-20-4-9(15(16,17)18)12(23-14)21-8-2-3-8/h4,6,8,10H,2-3,5,19H2,1H3,(H,26,27)(H2,20,21,22,23). The van der Waals surface area contributed by atoms with E-state index >= 15 is 0 Å². The average molecular weight is 385 g/mol. The third-order valence-corrected chi connectivity index (χ3v) is 3.91. The summed E-state index contributed by atoms with van der Waals surface area (Å²) in [6, 6.07) is -1.15. The summed E-state index contributed by atoms with van der Waals surface area (Å²) in [6.45, 7) is 1.60. The lowest BCUT2D eigenvalue weighted by atomic mass is 10.3. The van der Waals surface area contributed by atoms with Gasteiger partial charge in [-0.25, -0.2) is 4.98 Å². The summed E-state index contributed by atoms with van der Waals surface area (Å²) < 4.78 is 40.7. The Morgan fingerprint density at radius 3 is 2.78 bits per heavy atom. The Morgan fingerprint density at radius 2 is 2.19 bits per heavy atom. The molecule has 2 heterocycles. The van der Waals surface area contributed by atoms with Crippen LogP contribution in [0.4, 0.5) is 30.6 Å². The van der Waals surface area contributed by atoms with E-state index in [9.17, 15) is 18.0 Å². The maximum absolute atomic E-state index is 13.1. The van der Waals surface area contributed by atoms with Gasteiger partial charge in [-0.3, -0.25) is 9.48 Å². The summed E-state index contributed by atoms with van der Waals surface area (Å²) in [6.07, 6.45) is -0.767. The van der Waals surface area contributed by atoms with Crippen molar-refractivity contribution in [1.29, 1.82) is 0 Å². The normalized spacial score (nSPS) is 15.4. The monoisotopic (exact) mass is 385 g/mol. The Hall–Kier alpha value is -2.89. The fourth-order valence-corrected chi connectivity index (χ4v) is 2.31. The number of hydrogen-bond acceptors (Lipinski definition) is 7. The van der Waals surface area contributed by atoms with E-state index in [1.807, 2.05) is 0 Å². The zero-order valence-corrected chi connectivity index (χ0v) is 14.3. The second-order valence-corrected chi connectivity index (χ2v) is 6.29. The lowest BCUT2D eigenvalue weighted by Crippen LogP contribution is -2.34. The quantitative estimate of drug-likeness (QED) is 0.567. The number of aliphatic carboxylic acids is 1. The maximum Gasteiger partial charge on any atom is 0.421 e. The predicted molar refractivity (Wildman–Crippen MR) is 89.5 cm³/mol. The van der Waals surface area contributed by atoms with Crippen LogP contribution in [-0.4, -0.2) is 42.9 Å². The number of nitrogens with one attached hydrogen (secondary N) is 2. The average Bonchev–Trinajstić information content (AvgIpc) is 3.30. The molecule has 3 rings (SSSR count). The van der Waals surface area contributed by atoms with Gasteiger partial charge < -0.3 is 21.5 Å². The van der Waals surface area contributed by atoms with Crippen LogP contribution in [0.3, 0.4) is 0 Å². The number of carboxylic acid groups (broad SMARTS) is 1. The number of rotatable bonds is 7. The summed E-state index contributed by atoms with van der Waals surface area (Å²) in [5.74, 6) is -1.48. The number of aryl methyl sites for hydroxylation is 1. The van der Waals surface area contributed by atoms with Gasteiger partial charge in [-0.2, -0.15) is 23.3 Å². The van der Waals surface area contributed by atoms with Crippen LogP contribution >= 0.6 is 0 Å². The molecule has 27 heavy (non-hydrogen) atoms. The third kappa shape index (κ3) is 4.64. The molecule has 146 valence electrons. The van der Waals surface area contributed by atoms with Crippen molar-refractivity contribution in [1.82, 2.24) is 19.7 Å². The summed E-state index contributed by atoms with van der Waals surface area (Å²) in [5, 5.41) is 18.5. The van der Waals surface area contributed by atoms with Crippen LogP contribution in [0, 0.1) is 6.92 Å². The summed E-state index contributed by atoms with van der Waals surface area (Å²) in [7, 11) is 0. The van der Waals surface area contributed by atoms with Gasteiger partial charge in [0.25, 0.3) is 0 Å². The minimum atomic E-state index is -4.57. The molecule has 1 unspecified atom stereocenters. The third-order valence-electron chi connectivity index (χ3n) is 3.91. The van der Waals surface area contributed by atoms with Crippen LogP contribution in [0.25, 0.3) is 0 Å². The maximum atomic E-state index is 13.1. The molecule has 1 aliphatic rings. The molecule has 1 saturated carbocycles. The van der Waals surface area contributed by atoms with E-state index in [2.05, 4.69) is 25.7 Å². The minimum Gasteiger partial charge on any atom is -0.480 e. The first-order valence-electron chi connectivity index (χ1n) is 8.13. The fourth-order valence-electron chi connectivity index (χ4n) is 2.31. The Labute approximate surface area is 151 Å². The molecule has 0 saturated heterocycles. The number of carbonyl (C=O) groups is 1. The van der Waals surface area contributed by atoms with E-state index in [4.69, 9.17) is 10.8 Å². The van der Waals surface area contributed by atoms with Gasteiger partial charge in [0.05, 0.1) is 17.9 Å². The first-order chi connectivity index (χ1) is 12.6. The van der Waals surface area contributed by atoms with Crippen molar-refractivity contribution in [2.45, 2.75) is 44.6 Å². The smallest absolute Gasteiger partial charge is 0.421 e. The van der Waals surface area contributed by atoms with E-state index < -0.39 is 23.8 Å². The molecule has 0 aromatic carbocycles. The van der Waals surface area contributed by atoms with Gasteiger partial charge in [-0.05, 0) is 19.8 Å². The molecule has 0 aliphatic heterocycles. The van der Waals surface area contributed by atoms with Gasteiger partial charge in [0.15, 0.2) is 0 Å². The van der Waals surface area contributed by atoms with Crippen LogP contribution < -0.4 is 16.4 Å². The Balaban J connectivity index is 1.81. The van der Waals surface area contributed by atoms with Crippen molar-refractivity contribution in [3.05, 3.63) is 23.7 Å². The predicted octanol–water partition coefficient (Wildman–Crippen LogP) is 1.73. The van der Waals surface area contributed by atoms with Gasteiger partial charge in [-0.15, -0.1) is 0 Å². The molecule has 2 aromatic heterocycles. The van der Waals surface area contributed by atoms with Gasteiger partial charge >= 0.3 is 12.1 Å². The van der Waals surface area contributed by atoms with Gasteiger partial charge in [-0.1, -0.05) is 0 Å². The highest BCUT2D eigenvalue weighted by Gasteiger charge is 2.37. The first-order valence-corrected chi connectivity index (χ1v) is 8.13. The molecule has 0 amide bonds. The van der Waals surface area contributed by atoms with Crippen LogP contribution in [0.5, 0.6) is 0 Å². The minimum absolute atomic E-state index is 0.0177. The zero-order valence-electron chi connectivity index (χ0n) is 14.3. The molecule has 9 nitrogen and oxygen atoms in total. The van der Waals surface area contributed by atoms with E-state index in [1.165, 1.54) is 10.9 Å². The topological polar surface area (TPSA) is 131 Å². The van der Waals surface area contributed by atoms with Crippen molar-refractivity contribution in [2.75, 3.05) is 10.6 Å². The van der Waals surface area contributed by atoms with Crippen molar-refractivity contribution >= 4 is 23.4 Å². The number of aromatic nitrogens is 4. The molecular weight excluding hydrogens is 367 g/mol. The van der Waals surface area contributed by atoms with Gasteiger partial charge in [0, 0.05) is 18.4 Å². The molecule has 12 heteroatoms. The SMILES string of the molecule is Cc1nn(CC(N)C(=O)O)cc1Nc1ncc(C(F)(F)F)c(NC2CC2)n1. The fraction of sp³-hybridized carbons (Fsp3) is 0.467. The number of anilines is 3. The number of halogens is 3. The highest BCUT2D eigenvalue weighted by atomic mass is 19.4. The van der Waals surface area contributed by atoms with E-state index in [0.29, 0.717) is 11.4 Å². The number of hydrogen-bond donors (Lipinski definition) is 4. The highest BCUT2D eigenvalue weighted by Crippen LogP contribution is 2.36. The Kier molecular flexibility index (Phi) is 4.91. The van der Waals surface area contributed by atoms with Crippen LogP contribution in [0.2, 0.25) is 0 Å². The van der Waals surface area contributed by atoms with E-state index in [1.54, 1.807) is 6.92 Å². The Morgan fingerprint density at radius 1 is 1.48 bits per heavy atom.